The SMILES string of the molecule is Cc1nn(C)c(NC(C)C(C)(C)C)c1N. The van der Waals surface area contributed by atoms with Crippen LogP contribution in [0, 0.1) is 12.3 Å². The van der Waals surface area contributed by atoms with E-state index in [0.29, 0.717) is 6.04 Å². The summed E-state index contributed by atoms with van der Waals surface area (Å²) in [5.74, 6) is 0.912. The van der Waals surface area contributed by atoms with Crippen LogP contribution in [0.25, 0.3) is 0 Å². The number of nitrogens with zero attached hydrogens (tertiary/aromatic N) is 2. The molecule has 1 aromatic rings. The second-order valence-electron chi connectivity index (χ2n) is 5.20. The predicted molar refractivity (Wildman–Crippen MR) is 64.9 cm³/mol. The first kappa shape index (κ1) is 11.9. The minimum absolute atomic E-state index is 0.199. The summed E-state index contributed by atoms with van der Waals surface area (Å²) >= 11 is 0. The fraction of sp³-hybridized carbons (Fsp3) is 0.727. The first-order valence-corrected chi connectivity index (χ1v) is 5.29. The number of nitrogens with two attached hydrogens (primary N) is 1. The van der Waals surface area contributed by atoms with Crippen LogP contribution in [-0.2, 0) is 7.05 Å². The summed E-state index contributed by atoms with van der Waals surface area (Å²) in [6.07, 6.45) is 0. The van der Waals surface area contributed by atoms with Gasteiger partial charge in [-0.15, -0.1) is 0 Å². The lowest BCUT2D eigenvalue weighted by Gasteiger charge is -2.29. The summed E-state index contributed by atoms with van der Waals surface area (Å²) in [4.78, 5) is 0. The molecule has 0 aliphatic carbocycles. The maximum absolute atomic E-state index is 5.95. The fourth-order valence-electron chi connectivity index (χ4n) is 1.27. The summed E-state index contributed by atoms with van der Waals surface area (Å²) in [6.45, 7) is 10.7. The van der Waals surface area contributed by atoms with Gasteiger partial charge in [0.15, 0.2) is 0 Å². The summed E-state index contributed by atoms with van der Waals surface area (Å²) in [7, 11) is 1.90. The Morgan fingerprint density at radius 2 is 1.93 bits per heavy atom. The average molecular weight is 210 g/mol. The van der Waals surface area contributed by atoms with Crippen LogP contribution >= 0.6 is 0 Å². The molecule has 3 N–H and O–H groups in total. The zero-order valence-electron chi connectivity index (χ0n) is 10.5. The van der Waals surface area contributed by atoms with E-state index in [0.717, 1.165) is 17.2 Å². The van der Waals surface area contributed by atoms with Crippen LogP contribution in [0.3, 0.4) is 0 Å². The van der Waals surface area contributed by atoms with Gasteiger partial charge >= 0.3 is 0 Å². The Hall–Kier alpha value is -1.19. The number of anilines is 2. The van der Waals surface area contributed by atoms with E-state index in [1.807, 2.05) is 14.0 Å². The van der Waals surface area contributed by atoms with Crippen molar-refractivity contribution in [3.8, 4) is 0 Å². The predicted octanol–water partition coefficient (Wildman–Crippen LogP) is 2.16. The molecule has 4 nitrogen and oxygen atoms in total. The van der Waals surface area contributed by atoms with E-state index < -0.39 is 0 Å². The van der Waals surface area contributed by atoms with Gasteiger partial charge in [0.1, 0.15) is 5.82 Å². The van der Waals surface area contributed by atoms with Crippen LogP contribution in [-0.4, -0.2) is 15.8 Å². The summed E-state index contributed by atoms with van der Waals surface area (Å²) in [6, 6.07) is 0.342. The maximum Gasteiger partial charge on any atom is 0.147 e. The lowest BCUT2D eigenvalue weighted by atomic mass is 9.88. The quantitative estimate of drug-likeness (QED) is 0.786. The molecule has 1 atom stereocenters. The molecular weight excluding hydrogens is 188 g/mol. The molecule has 1 heterocycles. The molecule has 1 unspecified atom stereocenters. The van der Waals surface area contributed by atoms with E-state index in [4.69, 9.17) is 5.73 Å². The lowest BCUT2D eigenvalue weighted by molar-refractivity contribution is 0.358. The monoisotopic (exact) mass is 210 g/mol. The number of nitrogens with one attached hydrogen (secondary N) is 1. The Balaban J connectivity index is 2.90. The molecule has 0 spiro atoms. The van der Waals surface area contributed by atoms with E-state index >= 15 is 0 Å². The van der Waals surface area contributed by atoms with Gasteiger partial charge in [0, 0.05) is 13.1 Å². The van der Waals surface area contributed by atoms with E-state index in [1.54, 1.807) is 4.68 Å². The number of hydrogen-bond donors (Lipinski definition) is 2. The van der Waals surface area contributed by atoms with E-state index in [2.05, 4.69) is 38.1 Å². The fourth-order valence-corrected chi connectivity index (χ4v) is 1.27. The number of nitrogen functional groups attached to an aromatic ring is 1. The molecule has 0 saturated carbocycles. The topological polar surface area (TPSA) is 55.9 Å². The van der Waals surface area contributed by atoms with Crippen LogP contribution in [0.2, 0.25) is 0 Å². The van der Waals surface area contributed by atoms with Crippen LogP contribution in [0.4, 0.5) is 11.5 Å². The van der Waals surface area contributed by atoms with Crippen LogP contribution in [0.15, 0.2) is 0 Å². The first-order valence-electron chi connectivity index (χ1n) is 5.29. The molecule has 4 heteroatoms. The number of aromatic nitrogens is 2. The van der Waals surface area contributed by atoms with Crippen molar-refractivity contribution in [2.24, 2.45) is 12.5 Å². The Morgan fingerprint density at radius 3 is 2.27 bits per heavy atom. The molecular formula is C11H22N4. The Labute approximate surface area is 91.8 Å². The van der Waals surface area contributed by atoms with E-state index in [9.17, 15) is 0 Å². The lowest BCUT2D eigenvalue weighted by Crippen LogP contribution is -2.31. The second kappa shape index (κ2) is 3.76. The molecule has 0 bridgehead atoms. The van der Waals surface area contributed by atoms with Crippen molar-refractivity contribution in [2.45, 2.75) is 40.7 Å². The van der Waals surface area contributed by atoms with Gasteiger partial charge in [-0.05, 0) is 19.3 Å². The third-order valence-electron chi connectivity index (χ3n) is 2.92. The van der Waals surface area contributed by atoms with E-state index in [1.165, 1.54) is 0 Å². The zero-order valence-corrected chi connectivity index (χ0v) is 10.5. The van der Waals surface area contributed by atoms with Crippen molar-refractivity contribution in [1.82, 2.24) is 9.78 Å². The molecule has 0 radical (unpaired) electrons. The zero-order chi connectivity index (χ0) is 11.8. The third kappa shape index (κ3) is 2.43. The third-order valence-corrected chi connectivity index (χ3v) is 2.92. The normalized spacial score (nSPS) is 14.0. The molecule has 0 aromatic carbocycles. The maximum atomic E-state index is 5.95. The largest absolute Gasteiger partial charge is 0.394 e. The molecule has 0 amide bonds. The molecule has 0 aliphatic rings. The van der Waals surface area contributed by atoms with Crippen molar-refractivity contribution < 1.29 is 0 Å². The van der Waals surface area contributed by atoms with Gasteiger partial charge < -0.3 is 11.1 Å². The minimum atomic E-state index is 0.199. The molecule has 0 fully saturated rings. The smallest absolute Gasteiger partial charge is 0.147 e. The second-order valence-corrected chi connectivity index (χ2v) is 5.20. The summed E-state index contributed by atoms with van der Waals surface area (Å²) < 4.78 is 1.80. The highest BCUT2D eigenvalue weighted by molar-refractivity contribution is 5.65. The van der Waals surface area contributed by atoms with E-state index in [-0.39, 0.29) is 5.41 Å². The van der Waals surface area contributed by atoms with Crippen molar-refractivity contribution >= 4 is 11.5 Å². The van der Waals surface area contributed by atoms with Gasteiger partial charge in [-0.1, -0.05) is 20.8 Å². The van der Waals surface area contributed by atoms with Crippen molar-refractivity contribution in [2.75, 3.05) is 11.1 Å². The van der Waals surface area contributed by atoms with Gasteiger partial charge in [-0.3, -0.25) is 4.68 Å². The molecule has 1 rings (SSSR count). The molecule has 1 aromatic heterocycles. The highest BCUT2D eigenvalue weighted by Gasteiger charge is 2.22. The van der Waals surface area contributed by atoms with Crippen LogP contribution in [0.5, 0.6) is 0 Å². The van der Waals surface area contributed by atoms with Crippen LogP contribution < -0.4 is 11.1 Å². The van der Waals surface area contributed by atoms with Gasteiger partial charge in [0.25, 0.3) is 0 Å². The van der Waals surface area contributed by atoms with Crippen molar-refractivity contribution in [3.63, 3.8) is 0 Å². The standard InChI is InChI=1S/C11H22N4/c1-7-9(12)10(15(6)14-7)13-8(2)11(3,4)5/h8,13H,12H2,1-6H3. The van der Waals surface area contributed by atoms with Gasteiger partial charge in [0.2, 0.25) is 0 Å². The minimum Gasteiger partial charge on any atom is -0.394 e. The number of aryl methyl sites for hydroxylation is 2. The highest BCUT2D eigenvalue weighted by Crippen LogP contribution is 2.27. The highest BCUT2D eigenvalue weighted by atomic mass is 15.3. The number of rotatable bonds is 2. The molecule has 15 heavy (non-hydrogen) atoms. The van der Waals surface area contributed by atoms with Gasteiger partial charge in [-0.2, -0.15) is 5.10 Å². The first-order chi connectivity index (χ1) is 6.73. The summed E-state index contributed by atoms with van der Waals surface area (Å²) in [5.41, 5.74) is 7.77. The summed E-state index contributed by atoms with van der Waals surface area (Å²) in [5, 5.41) is 7.69. The van der Waals surface area contributed by atoms with Crippen molar-refractivity contribution in [1.29, 1.82) is 0 Å². The Kier molecular flexibility index (Phi) is 2.98. The average Bonchev–Trinajstić information content (AvgIpc) is 2.30. The Bertz CT molecular complexity index is 346. The van der Waals surface area contributed by atoms with Gasteiger partial charge in [-0.25, -0.2) is 0 Å². The van der Waals surface area contributed by atoms with Crippen LogP contribution in [0.1, 0.15) is 33.4 Å². The molecule has 0 saturated heterocycles. The Morgan fingerprint density at radius 1 is 1.40 bits per heavy atom. The number of hydrogen-bond acceptors (Lipinski definition) is 3. The van der Waals surface area contributed by atoms with Crippen molar-refractivity contribution in [3.05, 3.63) is 5.69 Å². The molecule has 0 aliphatic heterocycles. The molecule has 86 valence electrons. The van der Waals surface area contributed by atoms with Gasteiger partial charge in [0.05, 0.1) is 11.4 Å².